The molecule has 1 aromatic carbocycles. The summed E-state index contributed by atoms with van der Waals surface area (Å²) in [5.74, 6) is 2.76. The van der Waals surface area contributed by atoms with Gasteiger partial charge < -0.3 is 5.32 Å². The number of benzene rings is 1. The molecular weight excluding hydrogens is 258 g/mol. The zero-order chi connectivity index (χ0) is 14.6. The van der Waals surface area contributed by atoms with Gasteiger partial charge in [0.1, 0.15) is 0 Å². The molecule has 1 aromatic rings. The Morgan fingerprint density at radius 1 is 0.952 bits per heavy atom. The maximum atomic E-state index is 12.7. The van der Waals surface area contributed by atoms with Crippen molar-refractivity contribution in [2.45, 2.75) is 57.9 Å². The Morgan fingerprint density at radius 3 is 1.90 bits per heavy atom. The zero-order valence-corrected chi connectivity index (χ0v) is 13.1. The summed E-state index contributed by atoms with van der Waals surface area (Å²) in [6.07, 6.45) is 7.90. The van der Waals surface area contributed by atoms with Gasteiger partial charge in [0.25, 0.3) is 5.91 Å². The van der Waals surface area contributed by atoms with Crippen LogP contribution in [0.15, 0.2) is 18.2 Å². The normalized spacial score (nSPS) is 36.8. The predicted octanol–water partition coefficient (Wildman–Crippen LogP) is 4.00. The summed E-state index contributed by atoms with van der Waals surface area (Å²) in [5, 5.41) is 3.46. The van der Waals surface area contributed by atoms with Crippen LogP contribution in [0.2, 0.25) is 0 Å². The van der Waals surface area contributed by atoms with E-state index in [1.807, 2.05) is 12.1 Å². The minimum atomic E-state index is 0.115. The number of amides is 1. The number of hydrogen-bond acceptors (Lipinski definition) is 1. The van der Waals surface area contributed by atoms with E-state index in [4.69, 9.17) is 0 Å². The van der Waals surface area contributed by atoms with Crippen molar-refractivity contribution in [3.8, 4) is 0 Å². The Hall–Kier alpha value is -1.31. The first-order valence-electron chi connectivity index (χ1n) is 8.42. The van der Waals surface area contributed by atoms with Gasteiger partial charge in [0, 0.05) is 11.1 Å². The molecule has 4 aliphatic carbocycles. The van der Waals surface area contributed by atoms with E-state index >= 15 is 0 Å². The first-order valence-corrected chi connectivity index (χ1v) is 8.42. The molecule has 0 spiro atoms. The predicted molar refractivity (Wildman–Crippen MR) is 84.3 cm³/mol. The quantitative estimate of drug-likeness (QED) is 0.873. The van der Waals surface area contributed by atoms with Crippen LogP contribution in [0.1, 0.15) is 60.0 Å². The van der Waals surface area contributed by atoms with Crippen molar-refractivity contribution in [2.75, 3.05) is 0 Å². The van der Waals surface area contributed by atoms with Crippen molar-refractivity contribution >= 4 is 5.91 Å². The minimum absolute atomic E-state index is 0.115. The smallest absolute Gasteiger partial charge is 0.251 e. The van der Waals surface area contributed by atoms with Crippen molar-refractivity contribution < 1.29 is 4.79 Å². The van der Waals surface area contributed by atoms with E-state index in [9.17, 15) is 4.79 Å². The van der Waals surface area contributed by atoms with Crippen LogP contribution < -0.4 is 5.32 Å². The largest absolute Gasteiger partial charge is 0.347 e. The zero-order valence-electron chi connectivity index (χ0n) is 13.1. The van der Waals surface area contributed by atoms with Gasteiger partial charge in [-0.15, -0.1) is 0 Å². The molecule has 4 aliphatic rings. The summed E-state index contributed by atoms with van der Waals surface area (Å²) in [5.41, 5.74) is 3.29. The first-order chi connectivity index (χ1) is 10.0. The molecule has 0 saturated heterocycles. The molecule has 0 unspecified atom stereocenters. The van der Waals surface area contributed by atoms with E-state index in [0.717, 1.165) is 23.3 Å². The van der Waals surface area contributed by atoms with Crippen LogP contribution in [0.5, 0.6) is 0 Å². The number of hydrogen-bond donors (Lipinski definition) is 1. The molecule has 4 saturated carbocycles. The lowest BCUT2D eigenvalue weighted by atomic mass is 9.53. The Labute approximate surface area is 127 Å². The highest BCUT2D eigenvalue weighted by atomic mass is 16.1. The van der Waals surface area contributed by atoms with Crippen LogP contribution in [0.25, 0.3) is 0 Å². The molecule has 4 fully saturated rings. The monoisotopic (exact) mass is 283 g/mol. The molecule has 0 radical (unpaired) electrons. The maximum absolute atomic E-state index is 12.7. The third-order valence-electron chi connectivity index (χ3n) is 5.90. The summed E-state index contributed by atoms with van der Waals surface area (Å²) < 4.78 is 0. The second kappa shape index (κ2) is 4.59. The Kier molecular flexibility index (Phi) is 2.92. The van der Waals surface area contributed by atoms with E-state index in [-0.39, 0.29) is 11.4 Å². The molecule has 0 heterocycles. The average molecular weight is 283 g/mol. The lowest BCUT2D eigenvalue weighted by Gasteiger charge is -2.56. The first kappa shape index (κ1) is 13.4. The highest BCUT2D eigenvalue weighted by Gasteiger charge is 2.51. The topological polar surface area (TPSA) is 29.1 Å². The Balaban J connectivity index is 1.56. The molecule has 5 rings (SSSR count). The van der Waals surface area contributed by atoms with Crippen molar-refractivity contribution in [1.82, 2.24) is 5.32 Å². The number of nitrogens with one attached hydrogen (secondary N) is 1. The summed E-state index contributed by atoms with van der Waals surface area (Å²) in [7, 11) is 0. The number of carbonyl (C=O) groups excluding carboxylic acids is 1. The van der Waals surface area contributed by atoms with Gasteiger partial charge in [0.2, 0.25) is 0 Å². The lowest BCUT2D eigenvalue weighted by molar-refractivity contribution is -0.0167. The van der Waals surface area contributed by atoms with E-state index < -0.39 is 0 Å². The fourth-order valence-electron chi connectivity index (χ4n) is 5.68. The van der Waals surface area contributed by atoms with E-state index in [1.54, 1.807) is 0 Å². The van der Waals surface area contributed by atoms with Crippen LogP contribution in [0.4, 0.5) is 0 Å². The van der Waals surface area contributed by atoms with Crippen molar-refractivity contribution in [1.29, 1.82) is 0 Å². The molecule has 0 aliphatic heterocycles. The summed E-state index contributed by atoms with van der Waals surface area (Å²) in [6.45, 7) is 4.13. The average Bonchev–Trinajstić information content (AvgIpc) is 2.35. The fourth-order valence-corrected chi connectivity index (χ4v) is 5.68. The van der Waals surface area contributed by atoms with E-state index in [0.29, 0.717) is 0 Å². The number of aryl methyl sites for hydroxylation is 2. The van der Waals surface area contributed by atoms with Crippen LogP contribution in [0, 0.1) is 31.6 Å². The van der Waals surface area contributed by atoms with Gasteiger partial charge in [0.15, 0.2) is 0 Å². The molecule has 21 heavy (non-hydrogen) atoms. The third kappa shape index (κ3) is 2.39. The molecule has 4 bridgehead atoms. The summed E-state index contributed by atoms with van der Waals surface area (Å²) >= 11 is 0. The van der Waals surface area contributed by atoms with Crippen LogP contribution in [0.3, 0.4) is 0 Å². The van der Waals surface area contributed by atoms with Crippen molar-refractivity contribution in [3.63, 3.8) is 0 Å². The summed E-state index contributed by atoms with van der Waals surface area (Å²) in [6, 6.07) is 6.16. The SMILES string of the molecule is Cc1cc(C)cc(C(=O)NC23CC4CC(CC(C4)C2)C3)c1. The highest BCUT2D eigenvalue weighted by Crippen LogP contribution is 2.55. The molecule has 2 nitrogen and oxygen atoms in total. The summed E-state index contributed by atoms with van der Waals surface area (Å²) in [4.78, 5) is 12.7. The standard InChI is InChI=1S/C19H25NO/c1-12-3-13(2)5-17(4-12)18(21)20-19-9-14-6-15(10-19)8-16(7-14)11-19/h3-5,14-16H,6-11H2,1-2H3,(H,20,21). The highest BCUT2D eigenvalue weighted by molar-refractivity contribution is 5.95. The third-order valence-corrected chi connectivity index (χ3v) is 5.90. The fraction of sp³-hybridized carbons (Fsp3) is 0.632. The molecule has 0 aromatic heterocycles. The molecule has 1 amide bonds. The van der Waals surface area contributed by atoms with Gasteiger partial charge in [-0.1, -0.05) is 17.2 Å². The van der Waals surface area contributed by atoms with Gasteiger partial charge in [-0.25, -0.2) is 0 Å². The van der Waals surface area contributed by atoms with E-state index in [1.165, 1.54) is 49.7 Å². The van der Waals surface area contributed by atoms with Crippen LogP contribution >= 0.6 is 0 Å². The Bertz CT molecular complexity index is 534. The van der Waals surface area contributed by atoms with Gasteiger partial charge in [-0.2, -0.15) is 0 Å². The van der Waals surface area contributed by atoms with E-state index in [2.05, 4.69) is 25.2 Å². The molecular formula is C19H25NO. The molecule has 2 heteroatoms. The van der Waals surface area contributed by atoms with Gasteiger partial charge in [-0.3, -0.25) is 4.79 Å². The molecule has 112 valence electrons. The maximum Gasteiger partial charge on any atom is 0.251 e. The van der Waals surface area contributed by atoms with Gasteiger partial charge >= 0.3 is 0 Å². The number of carbonyl (C=O) groups is 1. The van der Waals surface area contributed by atoms with Gasteiger partial charge in [-0.05, 0) is 82.3 Å². The second-order valence-electron chi connectivity index (χ2n) is 8.03. The Morgan fingerprint density at radius 2 is 1.43 bits per heavy atom. The second-order valence-corrected chi connectivity index (χ2v) is 8.03. The van der Waals surface area contributed by atoms with Crippen molar-refractivity contribution in [3.05, 3.63) is 34.9 Å². The molecule has 0 atom stereocenters. The lowest BCUT2D eigenvalue weighted by Crippen LogP contribution is -2.59. The number of rotatable bonds is 2. The van der Waals surface area contributed by atoms with Crippen molar-refractivity contribution in [2.24, 2.45) is 17.8 Å². The minimum Gasteiger partial charge on any atom is -0.347 e. The van der Waals surface area contributed by atoms with Gasteiger partial charge in [0.05, 0.1) is 0 Å². The van der Waals surface area contributed by atoms with Crippen LogP contribution in [-0.2, 0) is 0 Å². The molecule has 1 N–H and O–H groups in total. The van der Waals surface area contributed by atoms with Crippen LogP contribution in [-0.4, -0.2) is 11.4 Å².